The molecular weight excluding hydrogens is 508 g/mol. The van der Waals surface area contributed by atoms with Crippen molar-refractivity contribution in [1.29, 1.82) is 0 Å². The standard InChI is InChI=1S/C28H31ClN4O5/c1-2-38-28(37)31-15-13-30(14-16-31)25(34)20-8-6-12-32(17-20)23-11-5-9-21-24(23)27(36)33(26(21)35)18-19-7-3-4-10-22(19)29/h3-5,7,9-11,20H,2,6,8,12-18H2,1H3/t20-/m1/s1. The zero-order valence-electron chi connectivity index (χ0n) is 21.4. The molecule has 9 nitrogen and oxygen atoms in total. The lowest BCUT2D eigenvalue weighted by atomic mass is 9.94. The molecule has 0 aromatic heterocycles. The Morgan fingerprint density at radius 2 is 1.68 bits per heavy atom. The molecule has 2 fully saturated rings. The van der Waals surface area contributed by atoms with Crippen molar-refractivity contribution in [3.63, 3.8) is 0 Å². The number of hydrogen-bond acceptors (Lipinski definition) is 6. The quantitative estimate of drug-likeness (QED) is 0.540. The molecule has 200 valence electrons. The van der Waals surface area contributed by atoms with Crippen LogP contribution in [0.5, 0.6) is 0 Å². The van der Waals surface area contributed by atoms with Crippen molar-refractivity contribution in [2.75, 3.05) is 50.8 Å². The van der Waals surface area contributed by atoms with Crippen LogP contribution in [0.15, 0.2) is 42.5 Å². The average molecular weight is 539 g/mol. The maximum Gasteiger partial charge on any atom is 0.409 e. The first-order valence-corrected chi connectivity index (χ1v) is 13.4. The smallest absolute Gasteiger partial charge is 0.409 e. The third kappa shape index (κ3) is 4.95. The van der Waals surface area contributed by atoms with E-state index in [0.717, 1.165) is 12.8 Å². The van der Waals surface area contributed by atoms with Crippen molar-refractivity contribution < 1.29 is 23.9 Å². The van der Waals surface area contributed by atoms with Gasteiger partial charge in [0.05, 0.1) is 35.9 Å². The molecule has 3 heterocycles. The first-order valence-electron chi connectivity index (χ1n) is 13.1. The van der Waals surface area contributed by atoms with Gasteiger partial charge in [0, 0.05) is 44.3 Å². The molecule has 2 saturated heterocycles. The maximum absolute atomic E-state index is 13.5. The lowest BCUT2D eigenvalue weighted by Gasteiger charge is -2.39. The first kappa shape index (κ1) is 26.0. The van der Waals surface area contributed by atoms with Gasteiger partial charge in [-0.25, -0.2) is 4.79 Å². The summed E-state index contributed by atoms with van der Waals surface area (Å²) in [7, 11) is 0. The first-order chi connectivity index (χ1) is 18.4. The molecule has 0 saturated carbocycles. The molecule has 2 aromatic carbocycles. The number of halogens is 1. The topological polar surface area (TPSA) is 90.5 Å². The Bertz CT molecular complexity index is 1260. The summed E-state index contributed by atoms with van der Waals surface area (Å²) < 4.78 is 5.07. The molecule has 0 N–H and O–H groups in total. The van der Waals surface area contributed by atoms with Gasteiger partial charge in [-0.1, -0.05) is 35.9 Å². The van der Waals surface area contributed by atoms with Gasteiger partial charge in [0.25, 0.3) is 11.8 Å². The van der Waals surface area contributed by atoms with E-state index < -0.39 is 0 Å². The van der Waals surface area contributed by atoms with Gasteiger partial charge in [-0.3, -0.25) is 19.3 Å². The molecule has 0 aliphatic carbocycles. The van der Waals surface area contributed by atoms with Crippen molar-refractivity contribution >= 4 is 41.1 Å². The number of piperazine rings is 1. The normalized spacial score (nSPS) is 19.6. The Hall–Kier alpha value is -3.59. The second kappa shape index (κ2) is 11.0. The van der Waals surface area contributed by atoms with Gasteiger partial charge in [-0.15, -0.1) is 0 Å². The van der Waals surface area contributed by atoms with Gasteiger partial charge in [0.1, 0.15) is 0 Å². The summed E-state index contributed by atoms with van der Waals surface area (Å²) in [5.41, 5.74) is 2.16. The highest BCUT2D eigenvalue weighted by atomic mass is 35.5. The minimum atomic E-state index is -0.343. The summed E-state index contributed by atoms with van der Waals surface area (Å²) in [4.78, 5) is 58.8. The van der Waals surface area contributed by atoms with Gasteiger partial charge in [0.15, 0.2) is 0 Å². The minimum absolute atomic E-state index is 0.0635. The summed E-state index contributed by atoms with van der Waals surface area (Å²) in [6, 6.07) is 12.5. The van der Waals surface area contributed by atoms with Gasteiger partial charge < -0.3 is 19.4 Å². The summed E-state index contributed by atoms with van der Waals surface area (Å²) >= 11 is 6.29. The zero-order valence-corrected chi connectivity index (χ0v) is 22.2. The number of nitrogens with zero attached hydrogens (tertiary/aromatic N) is 4. The molecule has 0 bridgehead atoms. The summed E-state index contributed by atoms with van der Waals surface area (Å²) in [6.45, 7) is 5.21. The Kier molecular flexibility index (Phi) is 7.56. The largest absolute Gasteiger partial charge is 0.450 e. The predicted molar refractivity (Wildman–Crippen MR) is 142 cm³/mol. The van der Waals surface area contributed by atoms with E-state index in [0.29, 0.717) is 73.3 Å². The number of amides is 4. The fraction of sp³-hybridized carbons (Fsp3) is 0.429. The van der Waals surface area contributed by atoms with Crippen molar-refractivity contribution in [1.82, 2.24) is 14.7 Å². The van der Waals surface area contributed by atoms with Crippen LogP contribution in [0.1, 0.15) is 46.0 Å². The molecule has 10 heteroatoms. The fourth-order valence-electron chi connectivity index (χ4n) is 5.50. The molecule has 1 atom stereocenters. The second-order valence-corrected chi connectivity index (χ2v) is 10.2. The Morgan fingerprint density at radius 1 is 0.947 bits per heavy atom. The molecule has 38 heavy (non-hydrogen) atoms. The third-order valence-corrected chi connectivity index (χ3v) is 7.86. The Morgan fingerprint density at radius 3 is 2.42 bits per heavy atom. The number of rotatable bonds is 5. The molecule has 0 spiro atoms. The highest BCUT2D eigenvalue weighted by Crippen LogP contribution is 2.35. The minimum Gasteiger partial charge on any atom is -0.450 e. The average Bonchev–Trinajstić information content (AvgIpc) is 3.19. The van der Waals surface area contributed by atoms with E-state index in [-0.39, 0.29) is 36.3 Å². The molecule has 3 aliphatic heterocycles. The van der Waals surface area contributed by atoms with Crippen LogP contribution in [0.25, 0.3) is 0 Å². The third-order valence-electron chi connectivity index (χ3n) is 7.49. The highest BCUT2D eigenvalue weighted by Gasteiger charge is 2.40. The van der Waals surface area contributed by atoms with E-state index in [1.165, 1.54) is 4.90 Å². The summed E-state index contributed by atoms with van der Waals surface area (Å²) in [6.07, 6.45) is 1.21. The van der Waals surface area contributed by atoms with Crippen LogP contribution in [0.4, 0.5) is 10.5 Å². The highest BCUT2D eigenvalue weighted by molar-refractivity contribution is 6.31. The van der Waals surface area contributed by atoms with Crippen molar-refractivity contribution in [2.24, 2.45) is 5.92 Å². The van der Waals surface area contributed by atoms with Crippen molar-refractivity contribution in [3.8, 4) is 0 Å². The van der Waals surface area contributed by atoms with Crippen molar-refractivity contribution in [3.05, 3.63) is 64.2 Å². The van der Waals surface area contributed by atoms with E-state index in [4.69, 9.17) is 16.3 Å². The van der Waals surface area contributed by atoms with E-state index in [1.807, 2.05) is 17.0 Å². The van der Waals surface area contributed by atoms with Crippen LogP contribution in [0, 0.1) is 5.92 Å². The van der Waals surface area contributed by atoms with Crippen LogP contribution < -0.4 is 4.90 Å². The van der Waals surface area contributed by atoms with Gasteiger partial charge >= 0.3 is 6.09 Å². The van der Waals surface area contributed by atoms with Gasteiger partial charge in [-0.2, -0.15) is 0 Å². The van der Waals surface area contributed by atoms with Crippen LogP contribution >= 0.6 is 11.6 Å². The zero-order chi connectivity index (χ0) is 26.8. The second-order valence-electron chi connectivity index (χ2n) is 9.78. The number of hydrogen-bond donors (Lipinski definition) is 0. The van der Waals surface area contributed by atoms with Crippen LogP contribution in [-0.2, 0) is 16.1 Å². The van der Waals surface area contributed by atoms with E-state index in [1.54, 1.807) is 42.2 Å². The summed E-state index contributed by atoms with van der Waals surface area (Å²) in [5, 5.41) is 0.504. The van der Waals surface area contributed by atoms with Crippen molar-refractivity contribution in [2.45, 2.75) is 26.3 Å². The Balaban J connectivity index is 1.29. The van der Waals surface area contributed by atoms with Crippen LogP contribution in [0.3, 0.4) is 0 Å². The molecule has 3 aliphatic rings. The number of carbonyl (C=O) groups excluding carboxylic acids is 4. The predicted octanol–water partition coefficient (Wildman–Crippen LogP) is 3.65. The van der Waals surface area contributed by atoms with Gasteiger partial charge in [-0.05, 0) is 43.5 Å². The SMILES string of the molecule is CCOC(=O)N1CCN(C(=O)[C@@H]2CCCN(c3cccc4c3C(=O)N(Cc3ccccc3Cl)C4=O)C2)CC1. The van der Waals surface area contributed by atoms with E-state index in [2.05, 4.69) is 4.90 Å². The number of anilines is 1. The monoisotopic (exact) mass is 538 g/mol. The number of ether oxygens (including phenoxy) is 1. The van der Waals surface area contributed by atoms with Gasteiger partial charge in [0.2, 0.25) is 5.91 Å². The molecule has 0 unspecified atom stereocenters. The lowest BCUT2D eigenvalue weighted by Crippen LogP contribution is -2.53. The molecule has 5 rings (SSSR count). The number of benzene rings is 2. The van der Waals surface area contributed by atoms with Crippen LogP contribution in [0.2, 0.25) is 5.02 Å². The molecule has 0 radical (unpaired) electrons. The lowest BCUT2D eigenvalue weighted by molar-refractivity contribution is -0.137. The number of carbonyl (C=O) groups is 4. The summed E-state index contributed by atoms with van der Waals surface area (Å²) in [5.74, 6) is -0.839. The molecule has 2 aromatic rings. The van der Waals surface area contributed by atoms with E-state index >= 15 is 0 Å². The maximum atomic E-state index is 13.5. The number of imide groups is 1. The van der Waals surface area contributed by atoms with E-state index in [9.17, 15) is 19.2 Å². The Labute approximate surface area is 226 Å². The number of piperidine rings is 1. The van der Waals surface area contributed by atoms with Crippen LogP contribution in [-0.4, -0.2) is 84.4 Å². The number of fused-ring (bicyclic) bond motifs is 1. The molecular formula is C28H31ClN4O5. The molecule has 4 amide bonds. The fourth-order valence-corrected chi connectivity index (χ4v) is 5.70.